The summed E-state index contributed by atoms with van der Waals surface area (Å²) in [5.41, 5.74) is 18.2. The molecule has 0 aliphatic carbocycles. The molecule has 0 bridgehead atoms. The van der Waals surface area contributed by atoms with E-state index in [9.17, 15) is 0 Å². The molecule has 0 aliphatic rings. The Labute approximate surface area is 178 Å². The lowest BCUT2D eigenvalue weighted by atomic mass is 10.0. The maximum atomic E-state index is 6.37. The van der Waals surface area contributed by atoms with Crippen LogP contribution in [-0.2, 0) is 0 Å². The Balaban J connectivity index is 0.00000240. The fourth-order valence-corrected chi connectivity index (χ4v) is 3.94. The monoisotopic (exact) mass is 406 g/mol. The fraction of sp³-hybridized carbons (Fsp3) is 0.250. The van der Waals surface area contributed by atoms with Crippen molar-refractivity contribution in [1.82, 2.24) is 4.98 Å². The molecule has 2 N–H and O–H groups in total. The molecule has 1 heterocycles. The third-order valence-corrected chi connectivity index (χ3v) is 5.52. The van der Waals surface area contributed by atoms with Gasteiger partial charge in [0.05, 0.1) is 0 Å². The summed E-state index contributed by atoms with van der Waals surface area (Å²) in [4.78, 5) is 7.14. The average molecular weight is 407 g/mol. The molecular weight excluding hydrogens is 380 g/mol. The minimum absolute atomic E-state index is 0. The summed E-state index contributed by atoms with van der Waals surface area (Å²) < 4.78 is 2.33. The quantitative estimate of drug-likeness (QED) is 0.312. The summed E-state index contributed by atoms with van der Waals surface area (Å²) >= 11 is 0. The minimum atomic E-state index is 0. The molecule has 0 spiro atoms. The molecule has 150 valence electrons. The number of nitrogens with zero attached hydrogens (tertiary/aromatic N) is 3. The Morgan fingerprint density at radius 1 is 0.897 bits per heavy atom. The van der Waals surface area contributed by atoms with Crippen LogP contribution in [-0.4, -0.2) is 19.1 Å². The summed E-state index contributed by atoms with van der Waals surface area (Å²) in [6, 6.07) is 15.0. The van der Waals surface area contributed by atoms with Gasteiger partial charge in [0, 0.05) is 48.7 Å². The van der Waals surface area contributed by atoms with E-state index in [0.29, 0.717) is 0 Å². The highest BCUT2D eigenvalue weighted by Gasteiger charge is 2.25. The van der Waals surface area contributed by atoms with E-state index < -0.39 is 0 Å². The highest BCUT2D eigenvalue weighted by Crippen LogP contribution is 2.29. The number of nitrogens with two attached hydrogens (primary N) is 1. The second kappa shape index (κ2) is 7.53. The maximum Gasteiger partial charge on any atom is 0.242 e. The number of nitrogen functional groups attached to an aromatic ring is 1. The second-order valence-corrected chi connectivity index (χ2v) is 7.91. The van der Waals surface area contributed by atoms with Gasteiger partial charge in [-0.2, -0.15) is 0 Å². The van der Waals surface area contributed by atoms with Gasteiger partial charge in [0.25, 0.3) is 0 Å². The number of halogens is 1. The van der Waals surface area contributed by atoms with Crippen molar-refractivity contribution in [2.24, 2.45) is 0 Å². The van der Waals surface area contributed by atoms with Crippen LogP contribution in [0.1, 0.15) is 22.3 Å². The Hall–Kier alpha value is -2.85. The zero-order chi connectivity index (χ0) is 20.2. The van der Waals surface area contributed by atoms with Crippen LogP contribution in [0, 0.1) is 27.7 Å². The summed E-state index contributed by atoms with van der Waals surface area (Å²) in [5, 5.41) is 0. The molecule has 4 rings (SSSR count). The number of aryl methyl sites for hydroxylation is 4. The summed E-state index contributed by atoms with van der Waals surface area (Å²) in [7, 11) is 4.12. The van der Waals surface area contributed by atoms with Gasteiger partial charge in [-0.15, -0.1) is 4.57 Å². The van der Waals surface area contributed by atoms with E-state index in [-0.39, 0.29) is 12.4 Å². The van der Waals surface area contributed by atoms with Gasteiger partial charge in [0.15, 0.2) is 0 Å². The van der Waals surface area contributed by atoms with Gasteiger partial charge in [0.2, 0.25) is 16.7 Å². The molecular formula is C24H27ClN4. The van der Waals surface area contributed by atoms with Gasteiger partial charge in [-0.1, -0.05) is 11.6 Å². The lowest BCUT2D eigenvalue weighted by Gasteiger charge is -2.15. The maximum absolute atomic E-state index is 6.37. The first kappa shape index (κ1) is 20.9. The van der Waals surface area contributed by atoms with Crippen molar-refractivity contribution in [1.29, 1.82) is 0 Å². The van der Waals surface area contributed by atoms with Gasteiger partial charge in [0.1, 0.15) is 11.0 Å². The molecule has 0 saturated heterocycles. The van der Waals surface area contributed by atoms with Gasteiger partial charge in [-0.05, 0) is 57.5 Å². The first-order chi connectivity index (χ1) is 13.3. The van der Waals surface area contributed by atoms with Crippen molar-refractivity contribution in [2.45, 2.75) is 27.7 Å². The molecule has 0 amide bonds. The van der Waals surface area contributed by atoms with Crippen LogP contribution in [0.15, 0.2) is 42.5 Å². The third kappa shape index (κ3) is 3.38. The number of hydrogen-bond donors (Lipinski definition) is 1. The first-order valence-electron chi connectivity index (χ1n) is 9.58. The average Bonchev–Trinajstić information content (AvgIpc) is 2.64. The molecule has 5 heteroatoms. The van der Waals surface area contributed by atoms with Gasteiger partial charge >= 0.3 is 0 Å². The zero-order valence-electron chi connectivity index (χ0n) is 17.8. The molecule has 0 aliphatic heterocycles. The van der Waals surface area contributed by atoms with E-state index in [1.54, 1.807) is 0 Å². The molecule has 1 aromatic heterocycles. The smallest absolute Gasteiger partial charge is 0.242 e. The van der Waals surface area contributed by atoms with Crippen molar-refractivity contribution < 1.29 is 17.0 Å². The normalized spacial score (nSPS) is 11.0. The van der Waals surface area contributed by atoms with Crippen LogP contribution in [0.5, 0.6) is 0 Å². The number of benzene rings is 3. The van der Waals surface area contributed by atoms with Crippen LogP contribution in [0.3, 0.4) is 0 Å². The van der Waals surface area contributed by atoms with Crippen molar-refractivity contribution in [2.75, 3.05) is 24.7 Å². The Morgan fingerprint density at radius 2 is 1.62 bits per heavy atom. The zero-order valence-corrected chi connectivity index (χ0v) is 18.6. The van der Waals surface area contributed by atoms with Gasteiger partial charge in [-0.3, -0.25) is 0 Å². The van der Waals surface area contributed by atoms with Crippen molar-refractivity contribution >= 4 is 33.4 Å². The van der Waals surface area contributed by atoms with E-state index in [1.807, 2.05) is 6.07 Å². The number of fused-ring (bicyclic) bond motifs is 2. The Morgan fingerprint density at radius 3 is 2.28 bits per heavy atom. The topological polar surface area (TPSA) is 46.0 Å². The summed E-state index contributed by atoms with van der Waals surface area (Å²) in [5.74, 6) is 0. The lowest BCUT2D eigenvalue weighted by Crippen LogP contribution is -3.00. The van der Waals surface area contributed by atoms with Crippen molar-refractivity contribution in [3.05, 3.63) is 64.7 Å². The highest BCUT2D eigenvalue weighted by atomic mass is 35.5. The second-order valence-electron chi connectivity index (χ2n) is 7.91. The third-order valence-electron chi connectivity index (χ3n) is 5.52. The number of rotatable bonds is 2. The largest absolute Gasteiger partial charge is 1.00 e. The van der Waals surface area contributed by atoms with Crippen molar-refractivity contribution in [3.63, 3.8) is 0 Å². The molecule has 4 aromatic rings. The van der Waals surface area contributed by atoms with E-state index in [4.69, 9.17) is 10.7 Å². The van der Waals surface area contributed by atoms with E-state index in [0.717, 1.165) is 50.3 Å². The molecule has 0 saturated carbocycles. The van der Waals surface area contributed by atoms with Crippen LogP contribution < -0.4 is 27.6 Å². The molecule has 4 nitrogen and oxygen atoms in total. The molecule has 0 radical (unpaired) electrons. The van der Waals surface area contributed by atoms with E-state index in [2.05, 4.69) is 87.7 Å². The van der Waals surface area contributed by atoms with Crippen molar-refractivity contribution in [3.8, 4) is 5.69 Å². The molecule has 0 atom stereocenters. The van der Waals surface area contributed by atoms with Crippen LogP contribution in [0.2, 0.25) is 0 Å². The molecule has 29 heavy (non-hydrogen) atoms. The van der Waals surface area contributed by atoms with Crippen LogP contribution >= 0.6 is 0 Å². The predicted molar refractivity (Wildman–Crippen MR) is 118 cm³/mol. The Kier molecular flexibility index (Phi) is 5.42. The lowest BCUT2D eigenvalue weighted by molar-refractivity contribution is -0.539. The minimum Gasteiger partial charge on any atom is -1.00 e. The van der Waals surface area contributed by atoms with Crippen LogP contribution in [0.25, 0.3) is 27.8 Å². The summed E-state index contributed by atoms with van der Waals surface area (Å²) in [6.07, 6.45) is 0. The SMILES string of the molecule is Cc1ccc(-[n+]2c3cc(N(C)C)ccc3nc3c(C)cc(N)c(C)c32)c(C)c1.[Cl-]. The molecule has 3 aromatic carbocycles. The number of anilines is 2. The fourth-order valence-electron chi connectivity index (χ4n) is 3.94. The highest BCUT2D eigenvalue weighted by molar-refractivity contribution is 5.90. The first-order valence-corrected chi connectivity index (χ1v) is 9.58. The van der Waals surface area contributed by atoms with E-state index >= 15 is 0 Å². The number of aromatic nitrogens is 2. The standard InChI is InChI=1S/C24H26N4.ClH/c1-14-7-10-21(15(2)11-14)28-22-13-18(27(5)6)8-9-20(22)26-23-16(3)12-19(25)17(4)24(23)28;/h7-13,25H,1-6H3;1H. The molecule has 0 unspecified atom stereocenters. The van der Waals surface area contributed by atoms with E-state index in [1.165, 1.54) is 11.1 Å². The van der Waals surface area contributed by atoms with Gasteiger partial charge < -0.3 is 23.0 Å². The van der Waals surface area contributed by atoms with Crippen LogP contribution in [0.4, 0.5) is 11.4 Å². The Bertz CT molecular complexity index is 1250. The van der Waals surface area contributed by atoms with Gasteiger partial charge in [-0.25, -0.2) is 4.98 Å². The predicted octanol–water partition coefficient (Wildman–Crippen LogP) is 1.55. The number of hydrogen-bond acceptors (Lipinski definition) is 3. The summed E-state index contributed by atoms with van der Waals surface area (Å²) in [6.45, 7) is 8.46. The molecule has 0 fully saturated rings.